The molecule has 1 fully saturated rings. The molecule has 0 aromatic heterocycles. The van der Waals surface area contributed by atoms with E-state index in [1.165, 1.54) is 0 Å². The molecule has 0 saturated carbocycles. The highest BCUT2D eigenvalue weighted by molar-refractivity contribution is 5.77. The lowest BCUT2D eigenvalue weighted by Crippen LogP contribution is -2.44. The molecule has 10 heavy (non-hydrogen) atoms. The summed E-state index contributed by atoms with van der Waals surface area (Å²) in [6.07, 6.45) is 2.02. The third kappa shape index (κ3) is 1.48. The summed E-state index contributed by atoms with van der Waals surface area (Å²) in [4.78, 5) is 10.7. The van der Waals surface area contributed by atoms with Crippen LogP contribution in [0.3, 0.4) is 0 Å². The molecule has 3 nitrogen and oxygen atoms in total. The van der Waals surface area contributed by atoms with Gasteiger partial charge in [0.15, 0.2) is 0 Å². The molecule has 0 spiro atoms. The Hall–Kier alpha value is -0.570. The number of carbonyl (C=O) groups excluding carboxylic acids is 1. The Labute approximate surface area is 61.0 Å². The van der Waals surface area contributed by atoms with E-state index >= 15 is 0 Å². The number of hydrogen-bond donors (Lipinski definition) is 2. The fraction of sp³-hybridized carbons (Fsp3) is 0.857. The number of nitrogens with two attached hydrogens (primary N) is 1. The van der Waals surface area contributed by atoms with Crippen LogP contribution in [0, 0.1) is 5.92 Å². The van der Waals surface area contributed by atoms with Gasteiger partial charge < -0.3 is 11.1 Å². The Kier molecular flexibility index (Phi) is 2.27. The van der Waals surface area contributed by atoms with Crippen LogP contribution < -0.4 is 11.1 Å². The number of rotatable bonds is 1. The summed E-state index contributed by atoms with van der Waals surface area (Å²) in [7, 11) is 0. The highest BCUT2D eigenvalue weighted by atomic mass is 16.1. The summed E-state index contributed by atoms with van der Waals surface area (Å²) in [5, 5.41) is 3.21. The standard InChI is InChI=1S/C7H14N2O/c1-5-6(7(8)10)3-2-4-9-5/h5-6,9H,2-4H2,1H3,(H2,8,10)/t5-,6-/m0/s1. The van der Waals surface area contributed by atoms with Gasteiger partial charge in [0.05, 0.1) is 5.92 Å². The van der Waals surface area contributed by atoms with Gasteiger partial charge in [0.25, 0.3) is 0 Å². The van der Waals surface area contributed by atoms with Gasteiger partial charge in [-0.05, 0) is 26.3 Å². The van der Waals surface area contributed by atoms with E-state index in [-0.39, 0.29) is 17.9 Å². The van der Waals surface area contributed by atoms with Gasteiger partial charge in [-0.15, -0.1) is 0 Å². The number of primary amides is 1. The van der Waals surface area contributed by atoms with E-state index < -0.39 is 0 Å². The fourth-order valence-electron chi connectivity index (χ4n) is 1.43. The topological polar surface area (TPSA) is 55.1 Å². The van der Waals surface area contributed by atoms with Crippen LogP contribution in [0.15, 0.2) is 0 Å². The Morgan fingerprint density at radius 2 is 2.40 bits per heavy atom. The van der Waals surface area contributed by atoms with E-state index in [1.54, 1.807) is 0 Å². The SMILES string of the molecule is C[C@@H]1NCCC[C@@H]1C(N)=O. The molecular formula is C7H14N2O. The smallest absolute Gasteiger partial charge is 0.222 e. The summed E-state index contributed by atoms with van der Waals surface area (Å²) in [5.74, 6) is -0.117. The molecule has 1 aliphatic rings. The molecule has 0 aliphatic carbocycles. The van der Waals surface area contributed by atoms with Crippen molar-refractivity contribution in [2.45, 2.75) is 25.8 Å². The number of amides is 1. The fourth-order valence-corrected chi connectivity index (χ4v) is 1.43. The maximum absolute atomic E-state index is 10.7. The molecular weight excluding hydrogens is 128 g/mol. The first-order chi connectivity index (χ1) is 4.72. The lowest BCUT2D eigenvalue weighted by Gasteiger charge is -2.27. The summed E-state index contributed by atoms with van der Waals surface area (Å²) in [5.41, 5.74) is 5.18. The summed E-state index contributed by atoms with van der Waals surface area (Å²) >= 11 is 0. The summed E-state index contributed by atoms with van der Waals surface area (Å²) in [6.45, 7) is 3.03. The van der Waals surface area contributed by atoms with Crippen molar-refractivity contribution in [3.05, 3.63) is 0 Å². The maximum atomic E-state index is 10.7. The zero-order chi connectivity index (χ0) is 7.56. The van der Waals surface area contributed by atoms with Crippen LogP contribution in [0.25, 0.3) is 0 Å². The van der Waals surface area contributed by atoms with Crippen molar-refractivity contribution in [3.8, 4) is 0 Å². The van der Waals surface area contributed by atoms with Crippen LogP contribution >= 0.6 is 0 Å². The predicted molar refractivity (Wildman–Crippen MR) is 39.4 cm³/mol. The summed E-state index contributed by atoms with van der Waals surface area (Å²) < 4.78 is 0. The van der Waals surface area contributed by atoms with Crippen LogP contribution in [-0.4, -0.2) is 18.5 Å². The average molecular weight is 142 g/mol. The number of hydrogen-bond acceptors (Lipinski definition) is 2. The third-order valence-electron chi connectivity index (χ3n) is 2.13. The van der Waals surface area contributed by atoms with E-state index in [1.807, 2.05) is 6.92 Å². The molecule has 1 heterocycles. The maximum Gasteiger partial charge on any atom is 0.222 e. The van der Waals surface area contributed by atoms with Gasteiger partial charge in [-0.1, -0.05) is 0 Å². The molecule has 2 atom stereocenters. The molecule has 1 aliphatic heterocycles. The Bertz CT molecular complexity index is 136. The Morgan fingerprint density at radius 3 is 2.80 bits per heavy atom. The third-order valence-corrected chi connectivity index (χ3v) is 2.13. The quantitative estimate of drug-likeness (QED) is 0.535. The summed E-state index contributed by atoms with van der Waals surface area (Å²) in [6, 6.07) is 0.270. The van der Waals surface area contributed by atoms with E-state index in [4.69, 9.17) is 5.73 Å². The molecule has 58 valence electrons. The molecule has 0 bridgehead atoms. The van der Waals surface area contributed by atoms with Gasteiger partial charge in [0, 0.05) is 6.04 Å². The molecule has 0 unspecified atom stereocenters. The normalized spacial score (nSPS) is 33.7. The zero-order valence-corrected chi connectivity index (χ0v) is 6.26. The average Bonchev–Trinajstić information content (AvgIpc) is 1.88. The largest absolute Gasteiger partial charge is 0.369 e. The van der Waals surface area contributed by atoms with Crippen LogP contribution in [0.2, 0.25) is 0 Å². The Morgan fingerprint density at radius 1 is 1.70 bits per heavy atom. The van der Waals surface area contributed by atoms with Crippen molar-refractivity contribution < 1.29 is 4.79 Å². The van der Waals surface area contributed by atoms with E-state index in [0.717, 1.165) is 19.4 Å². The van der Waals surface area contributed by atoms with E-state index in [9.17, 15) is 4.79 Å². The van der Waals surface area contributed by atoms with Gasteiger partial charge in [-0.3, -0.25) is 4.79 Å². The number of nitrogens with one attached hydrogen (secondary N) is 1. The second kappa shape index (κ2) is 3.01. The van der Waals surface area contributed by atoms with Gasteiger partial charge in [-0.25, -0.2) is 0 Å². The molecule has 3 N–H and O–H groups in total. The minimum absolute atomic E-state index is 0.0498. The van der Waals surface area contributed by atoms with Gasteiger partial charge >= 0.3 is 0 Å². The number of piperidine rings is 1. The molecule has 1 rings (SSSR count). The predicted octanol–water partition coefficient (Wildman–Crippen LogP) is -0.140. The lowest BCUT2D eigenvalue weighted by molar-refractivity contribution is -0.123. The number of carbonyl (C=O) groups is 1. The second-order valence-corrected chi connectivity index (χ2v) is 2.89. The first-order valence-electron chi connectivity index (χ1n) is 3.74. The van der Waals surface area contributed by atoms with Gasteiger partial charge in [0.2, 0.25) is 5.91 Å². The molecule has 3 heteroatoms. The minimum atomic E-state index is -0.167. The highest BCUT2D eigenvalue weighted by Crippen LogP contribution is 2.14. The van der Waals surface area contributed by atoms with Gasteiger partial charge in [-0.2, -0.15) is 0 Å². The van der Waals surface area contributed by atoms with Crippen molar-refractivity contribution in [1.82, 2.24) is 5.32 Å². The van der Waals surface area contributed by atoms with Crippen molar-refractivity contribution in [1.29, 1.82) is 0 Å². The second-order valence-electron chi connectivity index (χ2n) is 2.89. The molecule has 0 aromatic carbocycles. The minimum Gasteiger partial charge on any atom is -0.369 e. The van der Waals surface area contributed by atoms with Crippen molar-refractivity contribution in [2.24, 2.45) is 11.7 Å². The Balaban J connectivity index is 2.47. The monoisotopic (exact) mass is 142 g/mol. The van der Waals surface area contributed by atoms with Gasteiger partial charge in [0.1, 0.15) is 0 Å². The van der Waals surface area contributed by atoms with Crippen molar-refractivity contribution in [2.75, 3.05) is 6.54 Å². The van der Waals surface area contributed by atoms with Crippen molar-refractivity contribution in [3.63, 3.8) is 0 Å². The first kappa shape index (κ1) is 7.54. The molecule has 0 radical (unpaired) electrons. The molecule has 1 amide bonds. The zero-order valence-electron chi connectivity index (χ0n) is 6.26. The van der Waals surface area contributed by atoms with Crippen LogP contribution in [0.1, 0.15) is 19.8 Å². The van der Waals surface area contributed by atoms with E-state index in [0.29, 0.717) is 0 Å². The molecule has 0 aromatic rings. The first-order valence-corrected chi connectivity index (χ1v) is 3.74. The van der Waals surface area contributed by atoms with Crippen molar-refractivity contribution >= 4 is 5.91 Å². The van der Waals surface area contributed by atoms with Crippen LogP contribution in [-0.2, 0) is 4.79 Å². The van der Waals surface area contributed by atoms with E-state index in [2.05, 4.69) is 5.32 Å². The lowest BCUT2D eigenvalue weighted by atomic mass is 9.92. The van der Waals surface area contributed by atoms with Crippen LogP contribution in [0.4, 0.5) is 0 Å². The highest BCUT2D eigenvalue weighted by Gasteiger charge is 2.24. The van der Waals surface area contributed by atoms with Crippen LogP contribution in [0.5, 0.6) is 0 Å². The molecule has 1 saturated heterocycles.